The van der Waals surface area contributed by atoms with Gasteiger partial charge in [0.05, 0.1) is 37.1 Å². The highest BCUT2D eigenvalue weighted by atomic mass is 19.1. The number of fused-ring (bicyclic) bond motifs is 1. The predicted octanol–water partition coefficient (Wildman–Crippen LogP) is 2.92. The van der Waals surface area contributed by atoms with Gasteiger partial charge in [0.2, 0.25) is 0 Å². The van der Waals surface area contributed by atoms with Crippen molar-refractivity contribution in [2.24, 2.45) is 0 Å². The number of aromatic nitrogens is 3. The summed E-state index contributed by atoms with van der Waals surface area (Å²) < 4.78 is 25.5. The number of halogens is 1. The Bertz CT molecular complexity index is 1210. The van der Waals surface area contributed by atoms with Crippen molar-refractivity contribution < 1.29 is 18.7 Å². The minimum Gasteiger partial charge on any atom is -0.378 e. The van der Waals surface area contributed by atoms with Gasteiger partial charge >= 0.3 is 0 Å². The average Bonchev–Trinajstić information content (AvgIpc) is 2.91. The molecule has 3 aromatic rings. The van der Waals surface area contributed by atoms with E-state index in [-0.39, 0.29) is 6.10 Å². The van der Waals surface area contributed by atoms with Crippen LogP contribution in [0.15, 0.2) is 42.7 Å². The summed E-state index contributed by atoms with van der Waals surface area (Å²) in [5.74, 6) is 0.0680. The molecule has 1 atom stereocenters. The molecular weight excluding hydrogens is 463 g/mol. The van der Waals surface area contributed by atoms with Gasteiger partial charge in [-0.1, -0.05) is 12.1 Å². The Labute approximate surface area is 209 Å². The molecule has 0 radical (unpaired) electrons. The van der Waals surface area contributed by atoms with Crippen molar-refractivity contribution in [2.75, 3.05) is 62.8 Å². The molecule has 1 aromatic carbocycles. The molecule has 190 valence electrons. The van der Waals surface area contributed by atoms with Crippen LogP contribution in [-0.2, 0) is 14.3 Å². The average molecular weight is 495 g/mol. The van der Waals surface area contributed by atoms with Gasteiger partial charge < -0.3 is 24.6 Å². The number of nitrogens with zero attached hydrogens (tertiary/aromatic N) is 5. The third kappa shape index (κ3) is 5.39. The van der Waals surface area contributed by atoms with E-state index < -0.39 is 11.6 Å². The molecule has 0 saturated carbocycles. The summed E-state index contributed by atoms with van der Waals surface area (Å²) in [6.45, 7) is 7.26. The highest BCUT2D eigenvalue weighted by Gasteiger charge is 2.34. The number of rotatable bonds is 6. The molecule has 36 heavy (non-hydrogen) atoms. The number of anilines is 2. The first-order valence-corrected chi connectivity index (χ1v) is 12.3. The molecule has 0 aliphatic carbocycles. The summed E-state index contributed by atoms with van der Waals surface area (Å²) in [5.41, 5.74) is 2.38. The highest BCUT2D eigenvalue weighted by Crippen LogP contribution is 2.28. The Kier molecular flexibility index (Phi) is 6.97. The van der Waals surface area contributed by atoms with Crippen LogP contribution >= 0.6 is 0 Å². The second-order valence-corrected chi connectivity index (χ2v) is 9.52. The van der Waals surface area contributed by atoms with E-state index >= 15 is 0 Å². The second-order valence-electron chi connectivity index (χ2n) is 9.52. The lowest BCUT2D eigenvalue weighted by molar-refractivity contribution is -0.148. The molecule has 1 amide bonds. The normalized spacial score (nSPS) is 18.9. The number of alkyl halides is 1. The van der Waals surface area contributed by atoms with Crippen LogP contribution in [0.5, 0.6) is 0 Å². The molecule has 2 fully saturated rings. The lowest BCUT2D eigenvalue weighted by atomic mass is 10.1. The van der Waals surface area contributed by atoms with Gasteiger partial charge in [-0.2, -0.15) is 0 Å². The lowest BCUT2D eigenvalue weighted by Gasteiger charge is -2.35. The smallest absolute Gasteiger partial charge is 0.259 e. The van der Waals surface area contributed by atoms with Crippen LogP contribution in [0.4, 0.5) is 15.9 Å². The molecule has 0 unspecified atom stereocenters. The predicted molar refractivity (Wildman–Crippen MR) is 136 cm³/mol. The Hall–Kier alpha value is -3.37. The van der Waals surface area contributed by atoms with E-state index in [4.69, 9.17) is 14.5 Å². The highest BCUT2D eigenvalue weighted by molar-refractivity contribution is 5.88. The van der Waals surface area contributed by atoms with Gasteiger partial charge in [-0.05, 0) is 32.0 Å². The standard InChI is InChI=1S/C26H31FN6O3/c1-26(2,27)25(34)33-11-14-36-20(17-33)16-30-24-23-22(28-7-8-29-23)15-21(31-24)18-3-5-19(6-4-18)32-9-12-35-13-10-32/h3-8,15,20H,9-14,16-17H2,1-2H3,(H,30,31)/t20-/m1/s1. The fourth-order valence-corrected chi connectivity index (χ4v) is 4.52. The van der Waals surface area contributed by atoms with Gasteiger partial charge in [-0.25, -0.2) is 14.4 Å². The SMILES string of the molecule is CC(C)(F)C(=O)N1CCO[C@H](CNc2nc(-c3ccc(N4CCOCC4)cc3)cc3nccnc23)C1. The number of ether oxygens (including phenoxy) is 2. The molecule has 1 N–H and O–H groups in total. The van der Waals surface area contributed by atoms with Gasteiger partial charge in [0.15, 0.2) is 11.5 Å². The second kappa shape index (κ2) is 10.3. The molecule has 2 saturated heterocycles. The summed E-state index contributed by atoms with van der Waals surface area (Å²) in [5, 5.41) is 3.34. The van der Waals surface area contributed by atoms with Gasteiger partial charge in [0, 0.05) is 56.4 Å². The lowest BCUT2D eigenvalue weighted by Crippen LogP contribution is -2.52. The largest absolute Gasteiger partial charge is 0.378 e. The van der Waals surface area contributed by atoms with Crippen LogP contribution in [0.2, 0.25) is 0 Å². The quantitative estimate of drug-likeness (QED) is 0.559. The van der Waals surface area contributed by atoms with E-state index in [1.165, 1.54) is 18.7 Å². The summed E-state index contributed by atoms with van der Waals surface area (Å²) >= 11 is 0. The number of hydrogen-bond donors (Lipinski definition) is 1. The van der Waals surface area contributed by atoms with Crippen LogP contribution < -0.4 is 10.2 Å². The zero-order chi connectivity index (χ0) is 25.1. The van der Waals surface area contributed by atoms with E-state index in [1.807, 2.05) is 6.07 Å². The molecule has 2 aliphatic rings. The van der Waals surface area contributed by atoms with Gasteiger partial charge in [-0.3, -0.25) is 9.78 Å². The Balaban J connectivity index is 1.34. The zero-order valence-electron chi connectivity index (χ0n) is 20.6. The Morgan fingerprint density at radius 3 is 2.61 bits per heavy atom. The third-order valence-electron chi connectivity index (χ3n) is 6.43. The van der Waals surface area contributed by atoms with Crippen LogP contribution in [0.3, 0.4) is 0 Å². The van der Waals surface area contributed by atoms with Crippen molar-refractivity contribution in [3.05, 3.63) is 42.7 Å². The van der Waals surface area contributed by atoms with Crippen molar-refractivity contribution in [1.82, 2.24) is 19.9 Å². The van der Waals surface area contributed by atoms with E-state index in [0.29, 0.717) is 37.6 Å². The molecule has 4 heterocycles. The van der Waals surface area contributed by atoms with Crippen LogP contribution in [0, 0.1) is 0 Å². The van der Waals surface area contributed by atoms with Crippen LogP contribution in [-0.4, -0.2) is 90.1 Å². The molecule has 0 spiro atoms. The fraction of sp³-hybridized carbons (Fsp3) is 0.462. The number of pyridine rings is 1. The molecule has 9 nitrogen and oxygen atoms in total. The Morgan fingerprint density at radius 1 is 1.11 bits per heavy atom. The first-order chi connectivity index (χ1) is 17.4. The van der Waals surface area contributed by atoms with E-state index in [0.717, 1.165) is 48.8 Å². The monoisotopic (exact) mass is 494 g/mol. The fourth-order valence-electron chi connectivity index (χ4n) is 4.52. The van der Waals surface area contributed by atoms with Crippen molar-refractivity contribution in [3.8, 4) is 11.3 Å². The van der Waals surface area contributed by atoms with E-state index in [1.54, 1.807) is 12.4 Å². The molecular formula is C26H31FN6O3. The maximum atomic E-state index is 14.2. The summed E-state index contributed by atoms with van der Waals surface area (Å²) in [4.78, 5) is 30.0. The summed E-state index contributed by atoms with van der Waals surface area (Å²) in [6, 6.07) is 10.3. The van der Waals surface area contributed by atoms with Gasteiger partial charge in [0.1, 0.15) is 5.52 Å². The molecule has 10 heteroatoms. The molecule has 0 bridgehead atoms. The number of hydrogen-bond acceptors (Lipinski definition) is 8. The van der Waals surface area contributed by atoms with Gasteiger partial charge in [0.25, 0.3) is 5.91 Å². The third-order valence-corrected chi connectivity index (χ3v) is 6.43. The van der Waals surface area contributed by atoms with Crippen LogP contribution in [0.25, 0.3) is 22.3 Å². The maximum absolute atomic E-state index is 14.2. The first-order valence-electron chi connectivity index (χ1n) is 12.3. The summed E-state index contributed by atoms with van der Waals surface area (Å²) in [6.07, 6.45) is 2.99. The Morgan fingerprint density at radius 2 is 1.86 bits per heavy atom. The van der Waals surface area contributed by atoms with E-state index in [9.17, 15) is 9.18 Å². The number of benzene rings is 1. The van der Waals surface area contributed by atoms with Crippen LogP contribution in [0.1, 0.15) is 13.8 Å². The molecule has 2 aromatic heterocycles. The minimum atomic E-state index is -1.91. The van der Waals surface area contributed by atoms with Crippen molar-refractivity contribution in [3.63, 3.8) is 0 Å². The summed E-state index contributed by atoms with van der Waals surface area (Å²) in [7, 11) is 0. The van der Waals surface area contributed by atoms with Gasteiger partial charge in [-0.15, -0.1) is 0 Å². The molecule has 2 aliphatic heterocycles. The number of nitrogens with one attached hydrogen (secondary N) is 1. The zero-order valence-corrected chi connectivity index (χ0v) is 20.6. The number of carbonyl (C=O) groups is 1. The first kappa shape index (κ1) is 24.3. The number of carbonyl (C=O) groups excluding carboxylic acids is 1. The number of amides is 1. The van der Waals surface area contributed by atoms with Crippen molar-refractivity contribution in [2.45, 2.75) is 25.6 Å². The van der Waals surface area contributed by atoms with E-state index in [2.05, 4.69) is 44.5 Å². The minimum absolute atomic E-state index is 0.296. The number of morpholine rings is 2. The topological polar surface area (TPSA) is 92.7 Å². The molecule has 5 rings (SSSR count). The maximum Gasteiger partial charge on any atom is 0.259 e. The van der Waals surface area contributed by atoms with Crippen molar-refractivity contribution in [1.29, 1.82) is 0 Å². The van der Waals surface area contributed by atoms with Crippen molar-refractivity contribution >= 4 is 28.4 Å².